The van der Waals surface area contributed by atoms with Crippen LogP contribution in [-0.4, -0.2) is 9.55 Å². The Morgan fingerprint density at radius 2 is 2.55 bits per heavy atom. The summed E-state index contributed by atoms with van der Waals surface area (Å²) in [4.78, 5) is 3.92. The third kappa shape index (κ3) is 1.32. The highest BCUT2D eigenvalue weighted by molar-refractivity contribution is 4.99. The molecular formula is C8H8N2O. The number of nitrogens with zero attached hydrogens (tertiary/aromatic N) is 2. The Hall–Kier alpha value is -1.51. The van der Waals surface area contributed by atoms with Crippen molar-refractivity contribution < 1.29 is 4.42 Å². The molecule has 0 saturated carbocycles. The molecule has 56 valence electrons. The second kappa shape index (κ2) is 2.62. The van der Waals surface area contributed by atoms with E-state index in [1.165, 1.54) is 0 Å². The first-order valence-electron chi connectivity index (χ1n) is 3.43. The Labute approximate surface area is 64.3 Å². The zero-order valence-electron chi connectivity index (χ0n) is 5.97. The summed E-state index contributed by atoms with van der Waals surface area (Å²) in [6, 6.07) is 3.83. The fraction of sp³-hybridized carbons (Fsp3) is 0.125. The highest BCUT2D eigenvalue weighted by Gasteiger charge is 1.94. The van der Waals surface area contributed by atoms with Crippen molar-refractivity contribution in [1.29, 1.82) is 0 Å². The molecule has 0 N–H and O–H groups in total. The fourth-order valence-electron chi connectivity index (χ4n) is 0.963. The topological polar surface area (TPSA) is 31.0 Å². The summed E-state index contributed by atoms with van der Waals surface area (Å²) in [5, 5.41) is 0. The van der Waals surface area contributed by atoms with Gasteiger partial charge in [-0.25, -0.2) is 4.98 Å². The molecule has 3 nitrogen and oxygen atoms in total. The van der Waals surface area contributed by atoms with Crippen LogP contribution in [0.4, 0.5) is 0 Å². The predicted molar refractivity (Wildman–Crippen MR) is 40.0 cm³/mol. The van der Waals surface area contributed by atoms with E-state index in [4.69, 9.17) is 4.42 Å². The Morgan fingerprint density at radius 3 is 3.18 bits per heavy atom. The molecule has 0 bridgehead atoms. The molecule has 2 rings (SSSR count). The molecule has 0 atom stereocenters. The average Bonchev–Trinajstić information content (AvgIpc) is 2.60. The van der Waals surface area contributed by atoms with Crippen LogP contribution in [0.2, 0.25) is 0 Å². The molecule has 2 heterocycles. The summed E-state index contributed by atoms with van der Waals surface area (Å²) in [5.74, 6) is 0.947. The van der Waals surface area contributed by atoms with Gasteiger partial charge in [0.05, 0.1) is 19.1 Å². The third-order valence-electron chi connectivity index (χ3n) is 1.48. The van der Waals surface area contributed by atoms with Gasteiger partial charge in [-0.1, -0.05) is 0 Å². The van der Waals surface area contributed by atoms with Crippen molar-refractivity contribution in [2.45, 2.75) is 6.54 Å². The summed E-state index contributed by atoms with van der Waals surface area (Å²) in [5.41, 5.74) is 0. The largest absolute Gasteiger partial charge is 0.467 e. The molecule has 0 aromatic carbocycles. The normalized spacial score (nSPS) is 10.2. The van der Waals surface area contributed by atoms with Crippen molar-refractivity contribution in [3.63, 3.8) is 0 Å². The lowest BCUT2D eigenvalue weighted by molar-refractivity contribution is 0.493. The van der Waals surface area contributed by atoms with Crippen LogP contribution in [0, 0.1) is 0 Å². The zero-order chi connectivity index (χ0) is 7.52. The number of aromatic nitrogens is 2. The van der Waals surface area contributed by atoms with Gasteiger partial charge < -0.3 is 8.98 Å². The molecule has 0 fully saturated rings. The van der Waals surface area contributed by atoms with Gasteiger partial charge in [-0.3, -0.25) is 0 Å². The Morgan fingerprint density at radius 1 is 1.55 bits per heavy atom. The zero-order valence-corrected chi connectivity index (χ0v) is 5.97. The molecule has 0 amide bonds. The highest BCUT2D eigenvalue weighted by atomic mass is 16.3. The van der Waals surface area contributed by atoms with Crippen LogP contribution in [0.25, 0.3) is 0 Å². The Bertz CT molecular complexity index is 264. The van der Waals surface area contributed by atoms with E-state index in [9.17, 15) is 0 Å². The molecule has 0 aliphatic carbocycles. The monoisotopic (exact) mass is 148 g/mol. The van der Waals surface area contributed by atoms with E-state index in [2.05, 4.69) is 4.98 Å². The SMILES string of the molecule is c1coc(Cn2ccnc2)c1. The van der Waals surface area contributed by atoms with Crippen molar-refractivity contribution in [2.75, 3.05) is 0 Å². The van der Waals surface area contributed by atoms with Crippen LogP contribution in [-0.2, 0) is 6.54 Å². The maximum atomic E-state index is 5.16. The molecule has 11 heavy (non-hydrogen) atoms. The maximum absolute atomic E-state index is 5.16. The summed E-state index contributed by atoms with van der Waals surface area (Å²) >= 11 is 0. The third-order valence-corrected chi connectivity index (χ3v) is 1.48. The van der Waals surface area contributed by atoms with Crippen LogP contribution in [0.3, 0.4) is 0 Å². The van der Waals surface area contributed by atoms with E-state index in [-0.39, 0.29) is 0 Å². The standard InChI is InChI=1S/C8H8N2O/c1-2-8(11-5-1)6-10-4-3-9-7-10/h1-5,7H,6H2. The van der Waals surface area contributed by atoms with Crippen molar-refractivity contribution in [1.82, 2.24) is 9.55 Å². The van der Waals surface area contributed by atoms with Gasteiger partial charge in [0.25, 0.3) is 0 Å². The lowest BCUT2D eigenvalue weighted by atomic mass is 10.4. The molecule has 0 unspecified atom stereocenters. The van der Waals surface area contributed by atoms with Gasteiger partial charge >= 0.3 is 0 Å². The molecule has 2 aromatic heterocycles. The first-order valence-corrected chi connectivity index (χ1v) is 3.43. The Balaban J connectivity index is 2.14. The van der Waals surface area contributed by atoms with E-state index < -0.39 is 0 Å². The second-order valence-corrected chi connectivity index (χ2v) is 2.31. The van der Waals surface area contributed by atoms with Crippen molar-refractivity contribution in [3.8, 4) is 0 Å². The minimum Gasteiger partial charge on any atom is -0.467 e. The smallest absolute Gasteiger partial charge is 0.123 e. The molecule has 0 aliphatic rings. The Kier molecular flexibility index (Phi) is 1.48. The van der Waals surface area contributed by atoms with Gasteiger partial charge in [-0.05, 0) is 12.1 Å². The van der Waals surface area contributed by atoms with E-state index in [0.29, 0.717) is 0 Å². The number of imidazole rings is 1. The van der Waals surface area contributed by atoms with Crippen LogP contribution >= 0.6 is 0 Å². The van der Waals surface area contributed by atoms with Crippen LogP contribution in [0.1, 0.15) is 5.76 Å². The summed E-state index contributed by atoms with van der Waals surface area (Å²) < 4.78 is 7.12. The van der Waals surface area contributed by atoms with E-state index in [1.54, 1.807) is 18.8 Å². The minimum atomic E-state index is 0.757. The summed E-state index contributed by atoms with van der Waals surface area (Å²) in [6.07, 6.45) is 7.10. The maximum Gasteiger partial charge on any atom is 0.123 e. The quantitative estimate of drug-likeness (QED) is 0.646. The van der Waals surface area contributed by atoms with E-state index in [0.717, 1.165) is 12.3 Å². The second-order valence-electron chi connectivity index (χ2n) is 2.31. The first kappa shape index (κ1) is 6.22. The molecule has 0 saturated heterocycles. The van der Waals surface area contributed by atoms with Gasteiger partial charge in [0, 0.05) is 12.4 Å². The molecule has 0 spiro atoms. The van der Waals surface area contributed by atoms with Crippen LogP contribution in [0.15, 0.2) is 41.5 Å². The minimum absolute atomic E-state index is 0.757. The number of rotatable bonds is 2. The molecular weight excluding hydrogens is 140 g/mol. The molecule has 2 aromatic rings. The number of hydrogen-bond donors (Lipinski definition) is 0. The van der Waals surface area contributed by atoms with Gasteiger partial charge in [-0.15, -0.1) is 0 Å². The van der Waals surface area contributed by atoms with E-state index >= 15 is 0 Å². The van der Waals surface area contributed by atoms with Crippen molar-refractivity contribution in [3.05, 3.63) is 42.9 Å². The molecule has 0 aliphatic heterocycles. The van der Waals surface area contributed by atoms with Crippen molar-refractivity contribution >= 4 is 0 Å². The highest BCUT2D eigenvalue weighted by Crippen LogP contribution is 2.01. The van der Waals surface area contributed by atoms with Crippen LogP contribution < -0.4 is 0 Å². The number of furan rings is 1. The van der Waals surface area contributed by atoms with Crippen LogP contribution in [0.5, 0.6) is 0 Å². The van der Waals surface area contributed by atoms with Gasteiger partial charge in [0.15, 0.2) is 0 Å². The van der Waals surface area contributed by atoms with Gasteiger partial charge in [0.2, 0.25) is 0 Å². The fourth-order valence-corrected chi connectivity index (χ4v) is 0.963. The van der Waals surface area contributed by atoms with Gasteiger partial charge in [-0.2, -0.15) is 0 Å². The summed E-state index contributed by atoms with van der Waals surface area (Å²) in [6.45, 7) is 0.757. The lowest BCUT2D eigenvalue weighted by Gasteiger charge is -1.95. The first-order chi connectivity index (χ1) is 5.45. The van der Waals surface area contributed by atoms with E-state index in [1.807, 2.05) is 22.9 Å². The van der Waals surface area contributed by atoms with Crippen molar-refractivity contribution in [2.24, 2.45) is 0 Å². The predicted octanol–water partition coefficient (Wildman–Crippen LogP) is 1.52. The number of hydrogen-bond acceptors (Lipinski definition) is 2. The molecule has 3 heteroatoms. The molecule has 0 radical (unpaired) electrons. The summed E-state index contributed by atoms with van der Waals surface area (Å²) in [7, 11) is 0. The lowest BCUT2D eigenvalue weighted by Crippen LogP contribution is -1.93. The van der Waals surface area contributed by atoms with Gasteiger partial charge in [0.1, 0.15) is 5.76 Å². The average molecular weight is 148 g/mol.